The molecule has 7 heteroatoms. The molecule has 1 N–H and O–H groups in total. The third-order valence-electron chi connectivity index (χ3n) is 6.46. The Labute approximate surface area is 247 Å². The van der Waals surface area contributed by atoms with Crippen LogP contribution in [-0.4, -0.2) is 19.2 Å². The lowest BCUT2D eigenvalue weighted by Gasteiger charge is -2.14. The van der Waals surface area contributed by atoms with Crippen molar-refractivity contribution in [2.75, 3.05) is 7.11 Å². The molecule has 1 amide bonds. The van der Waals surface area contributed by atoms with Crippen LogP contribution in [0.5, 0.6) is 17.2 Å². The maximum absolute atomic E-state index is 12.6. The predicted molar refractivity (Wildman–Crippen MR) is 166 cm³/mol. The monoisotopic (exact) mass is 608 g/mol. The molecule has 0 aliphatic rings. The summed E-state index contributed by atoms with van der Waals surface area (Å²) in [5.74, 6) is 1.73. The number of rotatable bonds is 11. The first-order valence-corrected chi connectivity index (χ1v) is 13.9. The molecule has 0 spiro atoms. The number of carbonyl (C=O) groups excluding carboxylic acids is 1. The van der Waals surface area contributed by atoms with Crippen molar-refractivity contribution in [2.45, 2.75) is 19.6 Å². The van der Waals surface area contributed by atoms with E-state index in [1.165, 1.54) is 0 Å². The maximum Gasteiger partial charge on any atom is 0.244 e. The lowest BCUT2D eigenvalue weighted by Crippen LogP contribution is -2.20. The van der Waals surface area contributed by atoms with Crippen LogP contribution in [0.25, 0.3) is 10.8 Å². The summed E-state index contributed by atoms with van der Waals surface area (Å²) in [6.07, 6.45) is 1.82. The number of halogens is 1. The van der Waals surface area contributed by atoms with Crippen LogP contribution < -0.4 is 19.6 Å². The molecule has 0 fully saturated rings. The molecule has 206 valence electrons. The Balaban J connectivity index is 1.21. The van der Waals surface area contributed by atoms with Gasteiger partial charge < -0.3 is 14.2 Å². The van der Waals surface area contributed by atoms with E-state index >= 15 is 0 Å². The van der Waals surface area contributed by atoms with Gasteiger partial charge in [0, 0.05) is 10.0 Å². The first kappa shape index (κ1) is 27.9. The highest BCUT2D eigenvalue weighted by Gasteiger charge is 2.10. The fourth-order valence-corrected chi connectivity index (χ4v) is 4.78. The Morgan fingerprint density at radius 1 is 0.780 bits per heavy atom. The highest BCUT2D eigenvalue weighted by molar-refractivity contribution is 9.10. The van der Waals surface area contributed by atoms with Crippen LogP contribution in [0.3, 0.4) is 0 Å². The van der Waals surface area contributed by atoms with E-state index in [1.54, 1.807) is 13.3 Å². The van der Waals surface area contributed by atoms with Gasteiger partial charge in [-0.25, -0.2) is 5.43 Å². The van der Waals surface area contributed by atoms with Gasteiger partial charge in [0.05, 0.1) is 19.7 Å². The van der Waals surface area contributed by atoms with Crippen molar-refractivity contribution in [3.05, 3.63) is 136 Å². The number of hydrogen-bond donors (Lipinski definition) is 1. The summed E-state index contributed by atoms with van der Waals surface area (Å²) in [7, 11) is 1.62. The smallest absolute Gasteiger partial charge is 0.244 e. The average Bonchev–Trinajstić information content (AvgIpc) is 3.00. The third-order valence-corrected chi connectivity index (χ3v) is 6.95. The zero-order valence-electron chi connectivity index (χ0n) is 22.5. The summed E-state index contributed by atoms with van der Waals surface area (Å²) in [5.41, 5.74) is 6.31. The molecule has 5 rings (SSSR count). The normalized spacial score (nSPS) is 11.0. The van der Waals surface area contributed by atoms with Crippen molar-refractivity contribution >= 4 is 38.8 Å². The molecule has 0 aliphatic heterocycles. The molecule has 41 heavy (non-hydrogen) atoms. The number of ether oxygens (including phenoxy) is 3. The summed E-state index contributed by atoms with van der Waals surface area (Å²) in [5, 5.41) is 6.36. The van der Waals surface area contributed by atoms with Crippen LogP contribution in [0.1, 0.15) is 22.3 Å². The van der Waals surface area contributed by atoms with Crippen LogP contribution in [0, 0.1) is 0 Å². The first-order chi connectivity index (χ1) is 20.1. The molecule has 5 aromatic carbocycles. The number of hydrazone groups is 1. The highest BCUT2D eigenvalue weighted by Crippen LogP contribution is 2.30. The quantitative estimate of drug-likeness (QED) is 0.125. The number of methoxy groups -OCH3 is 1. The molecular weight excluding hydrogens is 580 g/mol. The molecule has 0 atom stereocenters. The largest absolute Gasteiger partial charge is 0.493 e. The van der Waals surface area contributed by atoms with Crippen molar-refractivity contribution in [2.24, 2.45) is 5.10 Å². The molecule has 0 aromatic heterocycles. The average molecular weight is 610 g/mol. The number of benzene rings is 5. The fourth-order valence-electron chi connectivity index (χ4n) is 4.40. The molecular formula is C34H29BrN2O4. The van der Waals surface area contributed by atoms with Gasteiger partial charge in [-0.3, -0.25) is 4.79 Å². The highest BCUT2D eigenvalue weighted by atomic mass is 79.9. The minimum absolute atomic E-state index is 0.197. The Kier molecular flexibility index (Phi) is 9.29. The predicted octanol–water partition coefficient (Wildman–Crippen LogP) is 7.46. The topological polar surface area (TPSA) is 69.2 Å². The van der Waals surface area contributed by atoms with Crippen LogP contribution in [0.4, 0.5) is 0 Å². The molecule has 5 aromatic rings. The number of carbonyl (C=O) groups is 1. The van der Waals surface area contributed by atoms with E-state index in [1.807, 2.05) is 109 Å². The Bertz CT molecular complexity index is 1670. The number of fused-ring (bicyclic) bond motifs is 1. The van der Waals surface area contributed by atoms with E-state index in [0.717, 1.165) is 37.5 Å². The van der Waals surface area contributed by atoms with Gasteiger partial charge in [-0.15, -0.1) is 0 Å². The molecule has 0 radical (unpaired) electrons. The van der Waals surface area contributed by atoms with Crippen LogP contribution in [0.2, 0.25) is 0 Å². The Morgan fingerprint density at radius 2 is 1.51 bits per heavy atom. The van der Waals surface area contributed by atoms with Crippen molar-refractivity contribution in [3.63, 3.8) is 0 Å². The second-order valence-corrected chi connectivity index (χ2v) is 10.3. The second kappa shape index (κ2) is 13.6. The third kappa shape index (κ3) is 7.52. The number of hydrogen-bond acceptors (Lipinski definition) is 5. The molecule has 0 heterocycles. The first-order valence-electron chi connectivity index (χ1n) is 13.1. The van der Waals surface area contributed by atoms with Gasteiger partial charge in [0.15, 0.2) is 11.5 Å². The van der Waals surface area contributed by atoms with E-state index < -0.39 is 0 Å². The minimum Gasteiger partial charge on any atom is -0.493 e. The van der Waals surface area contributed by atoms with Crippen molar-refractivity contribution < 1.29 is 19.0 Å². The van der Waals surface area contributed by atoms with Crippen molar-refractivity contribution in [1.82, 2.24) is 5.43 Å². The summed E-state index contributed by atoms with van der Waals surface area (Å²) in [4.78, 5) is 12.6. The fraction of sp³-hybridized carbons (Fsp3) is 0.118. The Hall–Kier alpha value is -4.62. The van der Waals surface area contributed by atoms with Gasteiger partial charge in [0.25, 0.3) is 0 Å². The standard InChI is InChI=1S/C34H29BrN2O4/c1-39-33-18-25(14-16-32(33)41-22-24-8-3-2-4-9-24)23-40-31-17-15-29(35)19-28(31)21-36-37-34(38)20-27-12-7-11-26-10-5-6-13-30(26)27/h2-19,21H,20,22-23H2,1H3,(H,37,38)/b36-21+. The number of nitrogens with zero attached hydrogens (tertiary/aromatic N) is 1. The van der Waals surface area contributed by atoms with E-state index in [-0.39, 0.29) is 12.3 Å². The molecule has 0 unspecified atom stereocenters. The van der Waals surface area contributed by atoms with Crippen LogP contribution in [0.15, 0.2) is 119 Å². The van der Waals surface area contributed by atoms with Gasteiger partial charge >= 0.3 is 0 Å². The van der Waals surface area contributed by atoms with E-state index in [2.05, 4.69) is 26.5 Å². The van der Waals surface area contributed by atoms with Gasteiger partial charge in [-0.1, -0.05) is 94.8 Å². The summed E-state index contributed by atoms with van der Waals surface area (Å²) in [6, 6.07) is 35.3. The van der Waals surface area contributed by atoms with E-state index in [9.17, 15) is 4.79 Å². The second-order valence-electron chi connectivity index (χ2n) is 9.34. The molecule has 0 saturated carbocycles. The zero-order valence-corrected chi connectivity index (χ0v) is 24.1. The van der Waals surface area contributed by atoms with Crippen LogP contribution >= 0.6 is 15.9 Å². The van der Waals surface area contributed by atoms with Gasteiger partial charge in [-0.05, 0) is 57.8 Å². The van der Waals surface area contributed by atoms with Gasteiger partial charge in [0.1, 0.15) is 19.0 Å². The van der Waals surface area contributed by atoms with E-state index in [0.29, 0.717) is 30.5 Å². The molecule has 0 bridgehead atoms. The van der Waals surface area contributed by atoms with Crippen LogP contribution in [-0.2, 0) is 24.4 Å². The Morgan fingerprint density at radius 3 is 2.37 bits per heavy atom. The summed E-state index contributed by atoms with van der Waals surface area (Å²) in [6.45, 7) is 0.762. The van der Waals surface area contributed by atoms with Gasteiger partial charge in [0.2, 0.25) is 5.91 Å². The molecule has 6 nitrogen and oxygen atoms in total. The summed E-state index contributed by atoms with van der Waals surface area (Å²) >= 11 is 3.50. The summed E-state index contributed by atoms with van der Waals surface area (Å²) < 4.78 is 18.5. The SMILES string of the molecule is COc1cc(COc2ccc(Br)cc2/C=N/NC(=O)Cc2cccc3ccccc23)ccc1OCc1ccccc1. The van der Waals surface area contributed by atoms with E-state index in [4.69, 9.17) is 14.2 Å². The van der Waals surface area contributed by atoms with Gasteiger partial charge in [-0.2, -0.15) is 5.10 Å². The number of amides is 1. The molecule has 0 aliphatic carbocycles. The lowest BCUT2D eigenvalue weighted by molar-refractivity contribution is -0.120. The minimum atomic E-state index is -0.197. The number of nitrogens with one attached hydrogen (secondary N) is 1. The lowest BCUT2D eigenvalue weighted by atomic mass is 10.0. The molecule has 0 saturated heterocycles. The van der Waals surface area contributed by atoms with Crippen molar-refractivity contribution in [3.8, 4) is 17.2 Å². The van der Waals surface area contributed by atoms with Crippen molar-refractivity contribution in [1.29, 1.82) is 0 Å². The zero-order chi connectivity index (χ0) is 28.4. The maximum atomic E-state index is 12.6.